The van der Waals surface area contributed by atoms with Crippen molar-refractivity contribution in [3.63, 3.8) is 0 Å². The minimum Gasteiger partial charge on any atom is -0.365 e. The van der Waals surface area contributed by atoms with E-state index in [2.05, 4.69) is 10.3 Å². The average molecular weight is 287 g/mol. The maximum atomic E-state index is 12.3. The molecule has 5 nitrogen and oxygen atoms in total. The molecule has 0 aliphatic carbocycles. The van der Waals surface area contributed by atoms with E-state index in [4.69, 9.17) is 0 Å². The number of nitrogens with zero attached hydrogens (tertiary/aromatic N) is 1. The summed E-state index contributed by atoms with van der Waals surface area (Å²) in [5, 5.41) is 3.21. The van der Waals surface area contributed by atoms with Gasteiger partial charge in [-0.1, -0.05) is 30.3 Å². The van der Waals surface area contributed by atoms with Crippen LogP contribution in [-0.4, -0.2) is 9.55 Å². The van der Waals surface area contributed by atoms with Gasteiger partial charge in [-0.05, 0) is 33.3 Å². The minimum absolute atomic E-state index is 0.00477. The Hall–Kier alpha value is -2.30. The molecule has 1 aromatic heterocycles. The van der Waals surface area contributed by atoms with E-state index in [0.29, 0.717) is 11.4 Å². The molecule has 2 rings (SSSR count). The molecule has 0 amide bonds. The molecule has 0 aliphatic rings. The smallest absolute Gasteiger partial charge is 0.330 e. The van der Waals surface area contributed by atoms with Gasteiger partial charge in [-0.2, -0.15) is 0 Å². The standard InChI is InChI=1S/C16H21N3O2/c1-10(2)19-15(20)11(3)14(18-16(19)21)17-12(4)13-8-6-5-7-9-13/h5-10,12,17H,1-4H3,(H,18,21)/t12-/m0/s1. The summed E-state index contributed by atoms with van der Waals surface area (Å²) >= 11 is 0. The maximum Gasteiger partial charge on any atom is 0.330 e. The number of benzene rings is 1. The maximum absolute atomic E-state index is 12.3. The van der Waals surface area contributed by atoms with Gasteiger partial charge < -0.3 is 5.32 Å². The zero-order valence-electron chi connectivity index (χ0n) is 12.8. The van der Waals surface area contributed by atoms with Crippen molar-refractivity contribution >= 4 is 5.82 Å². The Morgan fingerprint density at radius 2 is 1.71 bits per heavy atom. The van der Waals surface area contributed by atoms with Crippen LogP contribution in [0.3, 0.4) is 0 Å². The zero-order chi connectivity index (χ0) is 15.6. The second-order valence-corrected chi connectivity index (χ2v) is 5.48. The van der Waals surface area contributed by atoms with Crippen molar-refractivity contribution in [2.24, 2.45) is 0 Å². The predicted octanol–water partition coefficient (Wildman–Crippen LogP) is 2.60. The Bertz CT molecular complexity index is 729. The largest absolute Gasteiger partial charge is 0.365 e. The summed E-state index contributed by atoms with van der Waals surface area (Å²) in [5.41, 5.74) is 0.969. The van der Waals surface area contributed by atoms with Crippen LogP contribution in [0.15, 0.2) is 39.9 Å². The first-order valence-electron chi connectivity index (χ1n) is 7.08. The second-order valence-electron chi connectivity index (χ2n) is 5.48. The lowest BCUT2D eigenvalue weighted by Crippen LogP contribution is -2.38. The topological polar surface area (TPSA) is 66.9 Å². The van der Waals surface area contributed by atoms with Crippen molar-refractivity contribution in [2.45, 2.75) is 39.8 Å². The lowest BCUT2D eigenvalue weighted by atomic mass is 10.1. The quantitative estimate of drug-likeness (QED) is 0.908. The number of hydrogen-bond donors (Lipinski definition) is 2. The van der Waals surface area contributed by atoms with Crippen molar-refractivity contribution in [3.05, 3.63) is 62.3 Å². The summed E-state index contributed by atoms with van der Waals surface area (Å²) in [6, 6.07) is 9.70. The van der Waals surface area contributed by atoms with Gasteiger partial charge in [0.1, 0.15) is 5.82 Å². The lowest BCUT2D eigenvalue weighted by molar-refractivity contribution is 0.543. The summed E-state index contributed by atoms with van der Waals surface area (Å²) < 4.78 is 1.23. The monoisotopic (exact) mass is 287 g/mol. The molecule has 0 unspecified atom stereocenters. The van der Waals surface area contributed by atoms with Crippen LogP contribution in [0.2, 0.25) is 0 Å². The molecule has 1 heterocycles. The first-order valence-corrected chi connectivity index (χ1v) is 7.08. The van der Waals surface area contributed by atoms with Crippen molar-refractivity contribution in [1.82, 2.24) is 9.55 Å². The molecule has 0 saturated heterocycles. The summed E-state index contributed by atoms with van der Waals surface area (Å²) in [6.07, 6.45) is 0. The normalized spacial score (nSPS) is 12.4. The molecule has 5 heteroatoms. The first kappa shape index (κ1) is 15.1. The van der Waals surface area contributed by atoms with E-state index < -0.39 is 0 Å². The molecule has 1 atom stereocenters. The molecule has 0 fully saturated rings. The van der Waals surface area contributed by atoms with E-state index >= 15 is 0 Å². The van der Waals surface area contributed by atoms with Crippen LogP contribution in [0, 0.1) is 6.92 Å². The van der Waals surface area contributed by atoms with E-state index in [1.165, 1.54) is 4.57 Å². The molecule has 2 N–H and O–H groups in total. The van der Waals surface area contributed by atoms with Crippen LogP contribution < -0.4 is 16.6 Å². The van der Waals surface area contributed by atoms with Crippen molar-refractivity contribution in [2.75, 3.05) is 5.32 Å². The Morgan fingerprint density at radius 1 is 1.10 bits per heavy atom. The van der Waals surface area contributed by atoms with Crippen LogP contribution in [0.25, 0.3) is 0 Å². The highest BCUT2D eigenvalue weighted by atomic mass is 16.2. The second kappa shape index (κ2) is 5.99. The highest BCUT2D eigenvalue weighted by Crippen LogP contribution is 2.17. The molecule has 112 valence electrons. The fourth-order valence-corrected chi connectivity index (χ4v) is 2.30. The summed E-state index contributed by atoms with van der Waals surface area (Å²) in [5.74, 6) is 0.484. The van der Waals surface area contributed by atoms with E-state index in [0.717, 1.165) is 5.56 Å². The van der Waals surface area contributed by atoms with Gasteiger partial charge in [0.15, 0.2) is 0 Å². The molecule has 0 aliphatic heterocycles. The molecule has 0 bridgehead atoms. The van der Waals surface area contributed by atoms with Gasteiger partial charge in [0, 0.05) is 12.1 Å². The Labute approximate surface area is 123 Å². The van der Waals surface area contributed by atoms with Crippen LogP contribution >= 0.6 is 0 Å². The average Bonchev–Trinajstić information content (AvgIpc) is 2.45. The highest BCUT2D eigenvalue weighted by Gasteiger charge is 2.14. The minimum atomic E-state index is -0.386. The summed E-state index contributed by atoms with van der Waals surface area (Å²) in [7, 11) is 0. The summed E-state index contributed by atoms with van der Waals surface area (Å²) in [4.78, 5) is 27.1. The SMILES string of the molecule is Cc1c(N[C@@H](C)c2ccccc2)[nH]c(=O)n(C(C)C)c1=O. The Morgan fingerprint density at radius 3 is 2.29 bits per heavy atom. The van der Waals surface area contributed by atoms with Gasteiger partial charge in [-0.15, -0.1) is 0 Å². The molecule has 21 heavy (non-hydrogen) atoms. The number of hydrogen-bond acceptors (Lipinski definition) is 3. The third kappa shape index (κ3) is 3.07. The number of nitrogens with one attached hydrogen (secondary N) is 2. The van der Waals surface area contributed by atoms with E-state index in [9.17, 15) is 9.59 Å². The van der Waals surface area contributed by atoms with Crippen LogP contribution in [0.1, 0.15) is 44.0 Å². The van der Waals surface area contributed by atoms with Gasteiger partial charge >= 0.3 is 5.69 Å². The lowest BCUT2D eigenvalue weighted by Gasteiger charge is -2.18. The fourth-order valence-electron chi connectivity index (χ4n) is 2.30. The van der Waals surface area contributed by atoms with E-state index in [1.54, 1.807) is 6.92 Å². The van der Waals surface area contributed by atoms with Gasteiger partial charge in [0.05, 0.1) is 5.56 Å². The van der Waals surface area contributed by atoms with Crippen molar-refractivity contribution in [1.29, 1.82) is 0 Å². The predicted molar refractivity (Wildman–Crippen MR) is 84.9 cm³/mol. The molecule has 0 saturated carbocycles. The van der Waals surface area contributed by atoms with Crippen molar-refractivity contribution in [3.8, 4) is 0 Å². The highest BCUT2D eigenvalue weighted by molar-refractivity contribution is 5.43. The number of anilines is 1. The molecule has 0 radical (unpaired) electrons. The fraction of sp³-hybridized carbons (Fsp3) is 0.375. The number of aromatic amines is 1. The molecular weight excluding hydrogens is 266 g/mol. The van der Waals surface area contributed by atoms with Crippen LogP contribution in [-0.2, 0) is 0 Å². The molecule has 0 spiro atoms. The zero-order valence-corrected chi connectivity index (χ0v) is 12.8. The van der Waals surface area contributed by atoms with Crippen molar-refractivity contribution < 1.29 is 0 Å². The number of H-pyrrole nitrogens is 1. The Balaban J connectivity index is 2.38. The van der Waals surface area contributed by atoms with Crippen LogP contribution in [0.5, 0.6) is 0 Å². The van der Waals surface area contributed by atoms with Gasteiger partial charge in [0.2, 0.25) is 0 Å². The molecule has 2 aromatic rings. The number of rotatable bonds is 4. The number of aromatic nitrogens is 2. The molecular formula is C16H21N3O2. The van der Waals surface area contributed by atoms with Gasteiger partial charge in [-0.25, -0.2) is 4.79 Å². The first-order chi connectivity index (χ1) is 9.91. The third-order valence-electron chi connectivity index (χ3n) is 3.54. The van der Waals surface area contributed by atoms with Gasteiger partial charge in [-0.3, -0.25) is 14.3 Å². The van der Waals surface area contributed by atoms with E-state index in [1.807, 2.05) is 51.1 Å². The molecule has 1 aromatic carbocycles. The van der Waals surface area contributed by atoms with Gasteiger partial charge in [0.25, 0.3) is 5.56 Å². The third-order valence-corrected chi connectivity index (χ3v) is 3.54. The Kier molecular flexibility index (Phi) is 4.31. The van der Waals surface area contributed by atoms with E-state index in [-0.39, 0.29) is 23.3 Å². The summed E-state index contributed by atoms with van der Waals surface area (Å²) in [6.45, 7) is 7.34. The van der Waals surface area contributed by atoms with Crippen LogP contribution in [0.4, 0.5) is 5.82 Å².